The SMILES string of the molecule is CCc1cccc2c3c([nH]c12)[C@](C)(CCC(=O)O)CCC3. The van der Waals surface area contributed by atoms with Gasteiger partial charge in [-0.05, 0) is 43.2 Å². The van der Waals surface area contributed by atoms with Crippen LogP contribution in [0, 0.1) is 0 Å². The summed E-state index contributed by atoms with van der Waals surface area (Å²) in [6.07, 6.45) is 5.29. The van der Waals surface area contributed by atoms with Gasteiger partial charge in [0.25, 0.3) is 0 Å². The Bertz CT molecular complexity index is 686. The van der Waals surface area contributed by atoms with Crippen molar-refractivity contribution in [2.45, 2.75) is 57.8 Å². The van der Waals surface area contributed by atoms with Crippen molar-refractivity contribution in [2.24, 2.45) is 0 Å². The number of carboxylic acid groups (broad SMARTS) is 1. The first-order valence-electron chi connectivity index (χ1n) is 7.90. The molecule has 0 saturated carbocycles. The number of benzene rings is 1. The lowest BCUT2D eigenvalue weighted by atomic mass is 9.72. The maximum absolute atomic E-state index is 11.0. The number of aliphatic carboxylic acids is 1. The minimum atomic E-state index is -0.700. The molecule has 0 saturated heterocycles. The third-order valence-electron chi connectivity index (χ3n) is 5.06. The third kappa shape index (κ3) is 2.35. The second kappa shape index (κ2) is 5.21. The van der Waals surface area contributed by atoms with Crippen LogP contribution in [0.25, 0.3) is 10.9 Å². The zero-order valence-corrected chi connectivity index (χ0v) is 12.8. The molecule has 0 spiro atoms. The van der Waals surface area contributed by atoms with E-state index in [1.54, 1.807) is 0 Å². The number of aromatic amines is 1. The van der Waals surface area contributed by atoms with Crippen LogP contribution < -0.4 is 0 Å². The van der Waals surface area contributed by atoms with Gasteiger partial charge in [-0.1, -0.05) is 32.0 Å². The lowest BCUT2D eigenvalue weighted by molar-refractivity contribution is -0.137. The number of aryl methyl sites for hydroxylation is 2. The molecule has 0 unspecified atom stereocenters. The Morgan fingerprint density at radius 1 is 1.43 bits per heavy atom. The average molecular weight is 285 g/mol. The molecular formula is C18H23NO2. The maximum Gasteiger partial charge on any atom is 0.303 e. The van der Waals surface area contributed by atoms with Crippen molar-refractivity contribution in [1.29, 1.82) is 0 Å². The van der Waals surface area contributed by atoms with Gasteiger partial charge in [0.05, 0.1) is 0 Å². The van der Waals surface area contributed by atoms with E-state index in [0.29, 0.717) is 6.42 Å². The Kier molecular flexibility index (Phi) is 3.52. The predicted octanol–water partition coefficient (Wildman–Crippen LogP) is 4.19. The second-order valence-electron chi connectivity index (χ2n) is 6.48. The van der Waals surface area contributed by atoms with Gasteiger partial charge in [-0.2, -0.15) is 0 Å². The standard InChI is InChI=1S/C18H23NO2/c1-3-12-6-4-7-13-14-8-5-10-18(2,11-9-15(20)21)17(14)19-16(12)13/h4,6-7,19H,3,5,8-11H2,1-2H3,(H,20,21)/t18-/m0/s1. The van der Waals surface area contributed by atoms with Crippen molar-refractivity contribution < 1.29 is 9.90 Å². The van der Waals surface area contributed by atoms with E-state index in [0.717, 1.165) is 25.7 Å². The molecule has 2 aromatic rings. The largest absolute Gasteiger partial charge is 0.481 e. The molecule has 0 fully saturated rings. The quantitative estimate of drug-likeness (QED) is 0.885. The minimum absolute atomic E-state index is 0.0317. The van der Waals surface area contributed by atoms with Gasteiger partial charge in [0.1, 0.15) is 0 Å². The van der Waals surface area contributed by atoms with E-state index in [2.05, 4.69) is 37.0 Å². The van der Waals surface area contributed by atoms with Gasteiger partial charge in [-0.3, -0.25) is 4.79 Å². The molecule has 1 aliphatic rings. The summed E-state index contributed by atoms with van der Waals surface area (Å²) in [6.45, 7) is 4.40. The normalized spacial score (nSPS) is 21.4. The molecule has 2 N–H and O–H groups in total. The lowest BCUT2D eigenvalue weighted by Crippen LogP contribution is -2.28. The van der Waals surface area contributed by atoms with Gasteiger partial charge in [0, 0.05) is 28.4 Å². The molecule has 3 rings (SSSR count). The smallest absolute Gasteiger partial charge is 0.303 e. The van der Waals surface area contributed by atoms with Crippen LogP contribution in [0.15, 0.2) is 18.2 Å². The summed E-state index contributed by atoms with van der Waals surface area (Å²) in [6, 6.07) is 6.52. The number of aromatic nitrogens is 1. The van der Waals surface area contributed by atoms with Crippen molar-refractivity contribution in [3.05, 3.63) is 35.0 Å². The first-order valence-corrected chi connectivity index (χ1v) is 7.90. The summed E-state index contributed by atoms with van der Waals surface area (Å²) in [4.78, 5) is 14.6. The van der Waals surface area contributed by atoms with E-state index in [1.807, 2.05) is 0 Å². The molecule has 3 nitrogen and oxygen atoms in total. The first kappa shape index (κ1) is 14.2. The average Bonchev–Trinajstić information content (AvgIpc) is 2.86. The number of hydrogen-bond acceptors (Lipinski definition) is 1. The molecule has 3 heteroatoms. The van der Waals surface area contributed by atoms with E-state index in [9.17, 15) is 4.79 Å². The summed E-state index contributed by atoms with van der Waals surface area (Å²) in [7, 11) is 0. The van der Waals surface area contributed by atoms with Crippen molar-refractivity contribution in [2.75, 3.05) is 0 Å². The highest BCUT2D eigenvalue weighted by Gasteiger charge is 2.35. The van der Waals surface area contributed by atoms with Crippen LogP contribution in [-0.2, 0) is 23.1 Å². The fraction of sp³-hybridized carbons (Fsp3) is 0.500. The number of carboxylic acids is 1. The molecule has 21 heavy (non-hydrogen) atoms. The van der Waals surface area contributed by atoms with E-state index >= 15 is 0 Å². The minimum Gasteiger partial charge on any atom is -0.481 e. The zero-order valence-electron chi connectivity index (χ0n) is 12.8. The summed E-state index contributed by atoms with van der Waals surface area (Å²) in [5.74, 6) is -0.700. The highest BCUT2D eigenvalue weighted by molar-refractivity contribution is 5.88. The van der Waals surface area contributed by atoms with Gasteiger partial charge in [0.2, 0.25) is 0 Å². The van der Waals surface area contributed by atoms with E-state index in [-0.39, 0.29) is 11.8 Å². The highest BCUT2D eigenvalue weighted by atomic mass is 16.4. The molecule has 1 heterocycles. The fourth-order valence-corrected chi connectivity index (χ4v) is 3.82. The van der Waals surface area contributed by atoms with E-state index in [1.165, 1.54) is 27.7 Å². The number of hydrogen-bond donors (Lipinski definition) is 2. The van der Waals surface area contributed by atoms with Crippen molar-refractivity contribution >= 4 is 16.9 Å². The summed E-state index contributed by atoms with van der Waals surface area (Å²) >= 11 is 0. The van der Waals surface area contributed by atoms with Crippen LogP contribution in [0.5, 0.6) is 0 Å². The number of para-hydroxylation sites is 1. The molecule has 1 aliphatic carbocycles. The molecular weight excluding hydrogens is 262 g/mol. The van der Waals surface area contributed by atoms with Crippen LogP contribution in [-0.4, -0.2) is 16.1 Å². The highest BCUT2D eigenvalue weighted by Crippen LogP contribution is 2.43. The maximum atomic E-state index is 11.0. The molecule has 0 radical (unpaired) electrons. The Morgan fingerprint density at radius 2 is 2.24 bits per heavy atom. The number of fused-ring (bicyclic) bond motifs is 3. The summed E-state index contributed by atoms with van der Waals surface area (Å²) < 4.78 is 0. The molecule has 1 aromatic carbocycles. The van der Waals surface area contributed by atoms with E-state index < -0.39 is 5.97 Å². The van der Waals surface area contributed by atoms with Crippen molar-refractivity contribution in [3.8, 4) is 0 Å². The van der Waals surface area contributed by atoms with Crippen LogP contribution in [0.1, 0.15) is 56.4 Å². The lowest BCUT2D eigenvalue weighted by Gasteiger charge is -2.33. The molecule has 1 atom stereocenters. The topological polar surface area (TPSA) is 53.1 Å². The number of nitrogens with one attached hydrogen (secondary N) is 1. The van der Waals surface area contributed by atoms with E-state index in [4.69, 9.17) is 5.11 Å². The number of H-pyrrole nitrogens is 1. The predicted molar refractivity (Wildman–Crippen MR) is 84.8 cm³/mol. The Balaban J connectivity index is 2.11. The second-order valence-corrected chi connectivity index (χ2v) is 6.48. The fourth-order valence-electron chi connectivity index (χ4n) is 3.82. The molecule has 1 aromatic heterocycles. The van der Waals surface area contributed by atoms with Gasteiger partial charge in [-0.25, -0.2) is 0 Å². The van der Waals surface area contributed by atoms with Crippen molar-refractivity contribution in [1.82, 2.24) is 4.98 Å². The van der Waals surface area contributed by atoms with Gasteiger partial charge in [-0.15, -0.1) is 0 Å². The van der Waals surface area contributed by atoms with Gasteiger partial charge >= 0.3 is 5.97 Å². The number of rotatable bonds is 4. The molecule has 112 valence electrons. The Morgan fingerprint density at radius 3 is 2.95 bits per heavy atom. The summed E-state index contributed by atoms with van der Waals surface area (Å²) in [5, 5.41) is 10.4. The monoisotopic (exact) mass is 285 g/mol. The zero-order chi connectivity index (χ0) is 15.0. The Labute approximate surface area is 125 Å². The molecule has 0 amide bonds. The van der Waals surface area contributed by atoms with Gasteiger partial charge in [0.15, 0.2) is 0 Å². The van der Waals surface area contributed by atoms with Crippen LogP contribution in [0.3, 0.4) is 0 Å². The number of carbonyl (C=O) groups is 1. The molecule has 0 aliphatic heterocycles. The molecule has 0 bridgehead atoms. The van der Waals surface area contributed by atoms with Crippen LogP contribution in [0.4, 0.5) is 0 Å². The van der Waals surface area contributed by atoms with Crippen LogP contribution in [0.2, 0.25) is 0 Å². The first-order chi connectivity index (χ1) is 10.0. The summed E-state index contributed by atoms with van der Waals surface area (Å²) in [5.41, 5.74) is 5.27. The van der Waals surface area contributed by atoms with Crippen LogP contribution >= 0.6 is 0 Å². The van der Waals surface area contributed by atoms with Gasteiger partial charge < -0.3 is 10.1 Å². The Hall–Kier alpha value is -1.77. The van der Waals surface area contributed by atoms with Crippen molar-refractivity contribution in [3.63, 3.8) is 0 Å². The third-order valence-corrected chi connectivity index (χ3v) is 5.06.